The van der Waals surface area contributed by atoms with E-state index in [1.807, 2.05) is 42.5 Å². The smallest absolute Gasteiger partial charge is 0.122 e. The summed E-state index contributed by atoms with van der Waals surface area (Å²) in [4.78, 5) is 4.26. The average molecular weight is 211 g/mol. The summed E-state index contributed by atoms with van der Waals surface area (Å²) in [5, 5.41) is 7.37. The number of hydrogen-bond donors (Lipinski definition) is 2. The zero-order chi connectivity index (χ0) is 11.4. The lowest BCUT2D eigenvalue weighted by molar-refractivity contribution is 1.07. The van der Waals surface area contributed by atoms with Crippen molar-refractivity contribution in [3.05, 3.63) is 65.5 Å². The second-order valence-electron chi connectivity index (χ2n) is 3.61. The quantitative estimate of drug-likeness (QED) is 0.602. The molecule has 16 heavy (non-hydrogen) atoms. The van der Waals surface area contributed by atoms with Crippen LogP contribution in [0.2, 0.25) is 0 Å². The van der Waals surface area contributed by atoms with Crippen LogP contribution in [0.5, 0.6) is 0 Å². The van der Waals surface area contributed by atoms with Gasteiger partial charge in [0.2, 0.25) is 0 Å². The van der Waals surface area contributed by atoms with Gasteiger partial charge in [0.1, 0.15) is 5.84 Å². The molecular weight excluding hydrogens is 198 g/mol. The van der Waals surface area contributed by atoms with Gasteiger partial charge < -0.3 is 5.73 Å². The number of pyridine rings is 1. The second kappa shape index (κ2) is 4.57. The molecule has 3 heteroatoms. The Labute approximate surface area is 94.5 Å². The molecule has 0 amide bonds. The summed E-state index contributed by atoms with van der Waals surface area (Å²) < 4.78 is 0. The van der Waals surface area contributed by atoms with E-state index in [4.69, 9.17) is 11.1 Å². The van der Waals surface area contributed by atoms with Crippen molar-refractivity contribution in [3.8, 4) is 0 Å². The Morgan fingerprint density at radius 3 is 2.75 bits per heavy atom. The Morgan fingerprint density at radius 1 is 1.19 bits per heavy atom. The average Bonchev–Trinajstić information content (AvgIpc) is 2.30. The minimum absolute atomic E-state index is 0.0999. The maximum Gasteiger partial charge on any atom is 0.122 e. The lowest BCUT2D eigenvalue weighted by Crippen LogP contribution is -2.11. The molecule has 80 valence electrons. The first-order valence-corrected chi connectivity index (χ1v) is 5.09. The molecule has 0 aliphatic rings. The molecule has 0 fully saturated rings. The van der Waals surface area contributed by atoms with Crippen molar-refractivity contribution in [2.45, 2.75) is 6.42 Å². The van der Waals surface area contributed by atoms with E-state index >= 15 is 0 Å². The number of nitrogens with two attached hydrogens (primary N) is 1. The van der Waals surface area contributed by atoms with Gasteiger partial charge in [-0.1, -0.05) is 24.3 Å². The molecule has 0 saturated carbocycles. The molecule has 0 aliphatic heterocycles. The van der Waals surface area contributed by atoms with Gasteiger partial charge in [-0.15, -0.1) is 0 Å². The van der Waals surface area contributed by atoms with E-state index in [0.717, 1.165) is 23.2 Å². The minimum Gasteiger partial charge on any atom is -0.384 e. The Bertz CT molecular complexity index is 492. The number of amidine groups is 1. The van der Waals surface area contributed by atoms with Gasteiger partial charge in [0, 0.05) is 23.9 Å². The van der Waals surface area contributed by atoms with Crippen LogP contribution in [0.25, 0.3) is 0 Å². The molecule has 0 bridgehead atoms. The molecule has 0 saturated heterocycles. The van der Waals surface area contributed by atoms with E-state index < -0.39 is 0 Å². The van der Waals surface area contributed by atoms with Crippen molar-refractivity contribution in [1.82, 2.24) is 4.98 Å². The van der Waals surface area contributed by atoms with Crippen LogP contribution >= 0.6 is 0 Å². The zero-order valence-corrected chi connectivity index (χ0v) is 8.85. The van der Waals surface area contributed by atoms with Crippen LogP contribution in [-0.2, 0) is 6.42 Å². The maximum absolute atomic E-state index is 7.37. The summed E-state index contributed by atoms with van der Waals surface area (Å²) in [6.45, 7) is 0. The van der Waals surface area contributed by atoms with Gasteiger partial charge in [-0.2, -0.15) is 0 Å². The normalized spacial score (nSPS) is 10.0. The molecule has 0 radical (unpaired) electrons. The monoisotopic (exact) mass is 211 g/mol. The Morgan fingerprint density at radius 2 is 2.06 bits per heavy atom. The first-order chi connectivity index (χ1) is 7.75. The van der Waals surface area contributed by atoms with Gasteiger partial charge in [0.15, 0.2) is 0 Å². The van der Waals surface area contributed by atoms with Crippen LogP contribution < -0.4 is 5.73 Å². The lowest BCUT2D eigenvalue weighted by Gasteiger charge is -2.03. The third-order valence-corrected chi connectivity index (χ3v) is 2.35. The highest BCUT2D eigenvalue weighted by molar-refractivity contribution is 5.95. The molecule has 2 aromatic rings. The summed E-state index contributed by atoms with van der Waals surface area (Å²) in [5.74, 6) is 0.0999. The Kier molecular flexibility index (Phi) is 2.96. The van der Waals surface area contributed by atoms with Crippen LogP contribution in [0.4, 0.5) is 0 Å². The fraction of sp³-hybridized carbons (Fsp3) is 0.0769. The van der Waals surface area contributed by atoms with Crippen molar-refractivity contribution in [2.75, 3.05) is 0 Å². The molecular formula is C13H13N3. The molecule has 1 aromatic carbocycles. The van der Waals surface area contributed by atoms with E-state index in [2.05, 4.69) is 4.98 Å². The largest absolute Gasteiger partial charge is 0.384 e. The van der Waals surface area contributed by atoms with Crippen molar-refractivity contribution >= 4 is 5.84 Å². The number of nitrogens with zero attached hydrogens (tertiary/aromatic N) is 1. The van der Waals surface area contributed by atoms with Crippen LogP contribution in [0.1, 0.15) is 16.8 Å². The molecule has 0 spiro atoms. The van der Waals surface area contributed by atoms with E-state index in [9.17, 15) is 0 Å². The van der Waals surface area contributed by atoms with Crippen molar-refractivity contribution < 1.29 is 0 Å². The molecule has 2 rings (SSSR count). The third-order valence-electron chi connectivity index (χ3n) is 2.35. The standard InChI is InChI=1S/C13H13N3/c14-13(15)11-5-3-4-10(8-11)9-12-6-1-2-7-16-12/h1-8H,9H2,(H3,14,15). The predicted molar refractivity (Wildman–Crippen MR) is 64.5 cm³/mol. The topological polar surface area (TPSA) is 62.8 Å². The summed E-state index contributed by atoms with van der Waals surface area (Å²) in [6, 6.07) is 13.5. The van der Waals surface area contributed by atoms with Crippen LogP contribution in [0.3, 0.4) is 0 Å². The van der Waals surface area contributed by atoms with Gasteiger partial charge in [-0.05, 0) is 23.8 Å². The summed E-state index contributed by atoms with van der Waals surface area (Å²) in [5.41, 5.74) is 8.34. The lowest BCUT2D eigenvalue weighted by atomic mass is 10.1. The summed E-state index contributed by atoms with van der Waals surface area (Å²) >= 11 is 0. The highest BCUT2D eigenvalue weighted by Gasteiger charge is 2.00. The Hall–Kier alpha value is -2.16. The molecule has 3 nitrogen and oxygen atoms in total. The first-order valence-electron chi connectivity index (χ1n) is 5.09. The van der Waals surface area contributed by atoms with Crippen molar-refractivity contribution in [1.29, 1.82) is 5.41 Å². The van der Waals surface area contributed by atoms with E-state index in [-0.39, 0.29) is 5.84 Å². The Balaban J connectivity index is 2.22. The highest BCUT2D eigenvalue weighted by atomic mass is 14.7. The summed E-state index contributed by atoms with van der Waals surface area (Å²) in [6.07, 6.45) is 2.55. The van der Waals surface area contributed by atoms with Crippen LogP contribution in [-0.4, -0.2) is 10.8 Å². The molecule has 0 unspecified atom stereocenters. The summed E-state index contributed by atoms with van der Waals surface area (Å²) in [7, 11) is 0. The van der Waals surface area contributed by atoms with Crippen molar-refractivity contribution in [2.24, 2.45) is 5.73 Å². The second-order valence-corrected chi connectivity index (χ2v) is 3.61. The van der Waals surface area contributed by atoms with Gasteiger partial charge in [0.05, 0.1) is 0 Å². The fourth-order valence-corrected chi connectivity index (χ4v) is 1.56. The predicted octanol–water partition coefficient (Wildman–Crippen LogP) is 1.96. The van der Waals surface area contributed by atoms with Crippen LogP contribution in [0, 0.1) is 5.41 Å². The van der Waals surface area contributed by atoms with E-state index in [1.165, 1.54) is 0 Å². The van der Waals surface area contributed by atoms with E-state index in [0.29, 0.717) is 0 Å². The maximum atomic E-state index is 7.37. The molecule has 1 aromatic heterocycles. The number of nitrogens with one attached hydrogen (secondary N) is 1. The minimum atomic E-state index is 0.0999. The van der Waals surface area contributed by atoms with Gasteiger partial charge in [0.25, 0.3) is 0 Å². The van der Waals surface area contributed by atoms with Crippen molar-refractivity contribution in [3.63, 3.8) is 0 Å². The van der Waals surface area contributed by atoms with Crippen LogP contribution in [0.15, 0.2) is 48.7 Å². The molecule has 0 aliphatic carbocycles. The molecule has 0 atom stereocenters. The van der Waals surface area contributed by atoms with Gasteiger partial charge >= 0.3 is 0 Å². The first kappa shape index (κ1) is 10.4. The number of nitrogen functional groups attached to an aromatic ring is 1. The molecule has 3 N–H and O–H groups in total. The third kappa shape index (κ3) is 2.45. The SMILES string of the molecule is N=C(N)c1cccc(Cc2ccccn2)c1. The fourth-order valence-electron chi connectivity index (χ4n) is 1.56. The zero-order valence-electron chi connectivity index (χ0n) is 8.85. The van der Waals surface area contributed by atoms with Gasteiger partial charge in [-0.3, -0.25) is 10.4 Å². The number of hydrogen-bond acceptors (Lipinski definition) is 2. The molecule has 1 heterocycles. The highest BCUT2D eigenvalue weighted by Crippen LogP contribution is 2.09. The van der Waals surface area contributed by atoms with Gasteiger partial charge in [-0.25, -0.2) is 0 Å². The number of rotatable bonds is 3. The number of aromatic nitrogens is 1. The van der Waals surface area contributed by atoms with E-state index in [1.54, 1.807) is 6.20 Å². The number of benzene rings is 1.